The van der Waals surface area contributed by atoms with Crippen LogP contribution in [0.2, 0.25) is 0 Å². The average molecular weight is 513 g/mol. The maximum atomic E-state index is 13.5. The number of aromatic nitrogens is 3. The molecule has 3 N–H and O–H groups in total. The van der Waals surface area contributed by atoms with Crippen LogP contribution in [0.15, 0.2) is 42.5 Å². The number of fused-ring (bicyclic) bond motifs is 1. The van der Waals surface area contributed by atoms with E-state index in [1.165, 1.54) is 12.1 Å². The first-order valence-corrected chi connectivity index (χ1v) is 10.4. The molecule has 7 nitrogen and oxygen atoms in total. The Morgan fingerprint density at radius 2 is 1.63 bits per heavy atom. The predicted octanol–water partition coefficient (Wildman–Crippen LogP) is 5.09. The van der Waals surface area contributed by atoms with Crippen molar-refractivity contribution in [3.8, 4) is 11.1 Å². The van der Waals surface area contributed by atoms with Gasteiger partial charge in [-0.1, -0.05) is 30.3 Å². The van der Waals surface area contributed by atoms with Gasteiger partial charge in [-0.2, -0.15) is 31.4 Å². The van der Waals surface area contributed by atoms with Gasteiger partial charge in [-0.3, -0.25) is 14.3 Å². The van der Waals surface area contributed by atoms with Crippen LogP contribution in [0.4, 0.5) is 32.0 Å². The number of pyridine rings is 1. The summed E-state index contributed by atoms with van der Waals surface area (Å²) in [5.41, 5.74) is 2.37. The molecule has 0 aliphatic carbocycles. The molecule has 1 aromatic carbocycles. The Bertz CT molecular complexity index is 1460. The molecule has 0 aliphatic rings. The van der Waals surface area contributed by atoms with Crippen LogP contribution in [-0.4, -0.2) is 26.6 Å². The first-order chi connectivity index (χ1) is 16.3. The van der Waals surface area contributed by atoms with Crippen LogP contribution < -0.4 is 11.1 Å². The van der Waals surface area contributed by atoms with Crippen LogP contribution in [0.5, 0.6) is 0 Å². The molecule has 3 aromatic heterocycles. The first kappa shape index (κ1) is 24.2. The van der Waals surface area contributed by atoms with E-state index in [-0.39, 0.29) is 26.3 Å². The van der Waals surface area contributed by atoms with Crippen LogP contribution in [0.25, 0.3) is 21.3 Å². The summed E-state index contributed by atoms with van der Waals surface area (Å²) in [4.78, 5) is 28.0. The third-order valence-electron chi connectivity index (χ3n) is 4.90. The number of nitrogens with two attached hydrogens (primary N) is 1. The Kier molecular flexibility index (Phi) is 5.79. The molecule has 0 saturated heterocycles. The van der Waals surface area contributed by atoms with Gasteiger partial charge in [-0.25, -0.2) is 4.98 Å². The number of carbonyl (C=O) groups is 2. The van der Waals surface area contributed by atoms with Crippen molar-refractivity contribution in [2.75, 3.05) is 5.32 Å². The minimum atomic E-state index is -4.82. The number of primary amides is 1. The van der Waals surface area contributed by atoms with Crippen LogP contribution in [0.1, 0.15) is 31.5 Å². The van der Waals surface area contributed by atoms with Crippen molar-refractivity contribution in [1.82, 2.24) is 14.8 Å². The number of nitrogens with zero attached hydrogens (tertiary/aromatic N) is 3. The summed E-state index contributed by atoms with van der Waals surface area (Å²) in [6.07, 6.45) is -9.64. The number of aryl methyl sites for hydroxylation is 1. The summed E-state index contributed by atoms with van der Waals surface area (Å²) in [5.74, 6) is -2.16. The van der Waals surface area contributed by atoms with Crippen LogP contribution in [0, 0.1) is 0 Å². The van der Waals surface area contributed by atoms with Gasteiger partial charge in [0.1, 0.15) is 21.1 Å². The summed E-state index contributed by atoms with van der Waals surface area (Å²) in [6, 6.07) is 9.07. The molecule has 0 aliphatic heterocycles. The van der Waals surface area contributed by atoms with E-state index in [9.17, 15) is 35.9 Å². The van der Waals surface area contributed by atoms with Gasteiger partial charge in [-0.15, -0.1) is 11.3 Å². The first-order valence-electron chi connectivity index (χ1n) is 9.60. The van der Waals surface area contributed by atoms with Gasteiger partial charge in [0.2, 0.25) is 0 Å². The van der Waals surface area contributed by atoms with Gasteiger partial charge in [0.05, 0.1) is 5.69 Å². The van der Waals surface area contributed by atoms with E-state index in [1.54, 1.807) is 18.2 Å². The van der Waals surface area contributed by atoms with Gasteiger partial charge in [0.25, 0.3) is 11.8 Å². The largest absolute Gasteiger partial charge is 0.435 e. The third kappa shape index (κ3) is 4.56. The fourth-order valence-electron chi connectivity index (χ4n) is 3.38. The molecule has 35 heavy (non-hydrogen) atoms. The number of benzene rings is 1. The van der Waals surface area contributed by atoms with Crippen LogP contribution >= 0.6 is 11.3 Å². The van der Waals surface area contributed by atoms with Crippen molar-refractivity contribution in [3.05, 3.63) is 64.4 Å². The minimum absolute atomic E-state index is 0.0111. The molecule has 14 heteroatoms. The zero-order chi connectivity index (χ0) is 25.7. The van der Waals surface area contributed by atoms with Crippen LogP contribution in [-0.2, 0) is 19.4 Å². The van der Waals surface area contributed by atoms with E-state index in [2.05, 4.69) is 15.4 Å². The number of rotatable bonds is 4. The maximum Gasteiger partial charge on any atom is 0.435 e. The van der Waals surface area contributed by atoms with Crippen molar-refractivity contribution < 1.29 is 35.9 Å². The highest BCUT2D eigenvalue weighted by atomic mass is 32.1. The Labute approximate surface area is 196 Å². The third-order valence-corrected chi connectivity index (χ3v) is 6.00. The van der Waals surface area contributed by atoms with Crippen LogP contribution in [0.3, 0.4) is 0 Å². The number of halogens is 6. The lowest BCUT2D eigenvalue weighted by Gasteiger charge is -2.12. The second-order valence-electron chi connectivity index (χ2n) is 7.26. The number of hydrogen-bond donors (Lipinski definition) is 2. The van der Waals surface area contributed by atoms with Gasteiger partial charge >= 0.3 is 12.4 Å². The summed E-state index contributed by atoms with van der Waals surface area (Å²) >= 11 is 0.519. The molecule has 0 fully saturated rings. The van der Waals surface area contributed by atoms with E-state index < -0.39 is 41.2 Å². The lowest BCUT2D eigenvalue weighted by atomic mass is 10.0. The summed E-state index contributed by atoms with van der Waals surface area (Å²) in [6.45, 7) is 0. The Morgan fingerprint density at radius 3 is 2.17 bits per heavy atom. The Morgan fingerprint density at radius 1 is 1.00 bits per heavy atom. The molecular weight excluding hydrogens is 500 g/mol. The van der Waals surface area contributed by atoms with E-state index in [4.69, 9.17) is 5.73 Å². The maximum absolute atomic E-state index is 13.5. The van der Waals surface area contributed by atoms with Gasteiger partial charge < -0.3 is 11.1 Å². The Balaban J connectivity index is 1.94. The fraction of sp³-hybridized carbons (Fsp3) is 0.143. The molecule has 0 spiro atoms. The molecule has 0 bridgehead atoms. The van der Waals surface area contributed by atoms with Crippen molar-refractivity contribution in [2.45, 2.75) is 12.4 Å². The molecule has 3 heterocycles. The smallest absolute Gasteiger partial charge is 0.365 e. The Hall–Kier alpha value is -3.94. The molecule has 0 saturated carbocycles. The molecule has 0 atom stereocenters. The van der Waals surface area contributed by atoms with Crippen molar-refractivity contribution >= 4 is 39.1 Å². The molecule has 0 unspecified atom stereocenters. The topological polar surface area (TPSA) is 103 Å². The fourth-order valence-corrected chi connectivity index (χ4v) is 4.38. The highest BCUT2D eigenvalue weighted by Crippen LogP contribution is 2.43. The number of carbonyl (C=O) groups excluding carboxylic acids is 2. The number of hydrogen-bond acceptors (Lipinski definition) is 5. The van der Waals surface area contributed by atoms with E-state index in [0.717, 1.165) is 13.1 Å². The summed E-state index contributed by atoms with van der Waals surface area (Å²) in [5, 5.41) is 5.57. The normalized spacial score (nSPS) is 12.2. The molecule has 2 amide bonds. The van der Waals surface area contributed by atoms with Crippen molar-refractivity contribution in [3.63, 3.8) is 0 Å². The number of nitrogens with one attached hydrogen (secondary N) is 1. The van der Waals surface area contributed by atoms with E-state index >= 15 is 0 Å². The monoisotopic (exact) mass is 513 g/mol. The average Bonchev–Trinajstić information content (AvgIpc) is 3.34. The van der Waals surface area contributed by atoms with Gasteiger partial charge in [0.15, 0.2) is 5.69 Å². The standard InChI is InChI=1S/C21H13F6N5O2S/c1-32-11(8-13(31-32)21(25,26)27)18(34)30-15-14-10(9-5-3-2-4-6-9)7-12(20(22,23)24)29-19(14)35-16(15)17(28)33/h2-8H,1H3,(H2,28,33)(H,30,34). The van der Waals surface area contributed by atoms with E-state index in [1.807, 2.05) is 0 Å². The highest BCUT2D eigenvalue weighted by molar-refractivity contribution is 7.21. The number of alkyl halides is 6. The summed E-state index contributed by atoms with van der Waals surface area (Å²) in [7, 11) is 1.11. The predicted molar refractivity (Wildman–Crippen MR) is 115 cm³/mol. The van der Waals surface area contributed by atoms with Crippen molar-refractivity contribution in [2.24, 2.45) is 12.8 Å². The van der Waals surface area contributed by atoms with E-state index in [0.29, 0.717) is 27.6 Å². The molecule has 0 radical (unpaired) electrons. The molecule has 4 rings (SSSR count). The lowest BCUT2D eigenvalue weighted by Crippen LogP contribution is -2.19. The van der Waals surface area contributed by atoms with Crippen molar-refractivity contribution in [1.29, 1.82) is 0 Å². The molecule has 182 valence electrons. The number of thiophene rings is 1. The molecular formula is C21H13F6N5O2S. The number of anilines is 1. The SMILES string of the molecule is Cn1nc(C(F)(F)F)cc1C(=O)Nc1c(C(N)=O)sc2nc(C(F)(F)F)cc(-c3ccccc3)c12. The van der Waals surface area contributed by atoms with Gasteiger partial charge in [0, 0.05) is 18.5 Å². The second kappa shape index (κ2) is 8.37. The summed E-state index contributed by atoms with van der Waals surface area (Å²) < 4.78 is 80.3. The zero-order valence-electron chi connectivity index (χ0n) is 17.5. The van der Waals surface area contributed by atoms with Gasteiger partial charge in [-0.05, 0) is 17.2 Å². The lowest BCUT2D eigenvalue weighted by molar-refractivity contribution is -0.142. The second-order valence-corrected chi connectivity index (χ2v) is 8.26. The highest BCUT2D eigenvalue weighted by Gasteiger charge is 2.37. The quantitative estimate of drug-likeness (QED) is 0.371. The number of amides is 2. The minimum Gasteiger partial charge on any atom is -0.365 e. The zero-order valence-corrected chi connectivity index (χ0v) is 18.3. The molecule has 4 aromatic rings.